The van der Waals surface area contributed by atoms with Gasteiger partial charge in [0.15, 0.2) is 0 Å². The van der Waals surface area contributed by atoms with E-state index in [0.717, 1.165) is 15.6 Å². The van der Waals surface area contributed by atoms with Gasteiger partial charge in [0.2, 0.25) is 0 Å². The van der Waals surface area contributed by atoms with Crippen molar-refractivity contribution in [3.63, 3.8) is 0 Å². The molecule has 2 aromatic carbocycles. The van der Waals surface area contributed by atoms with Gasteiger partial charge >= 0.3 is 0 Å². The van der Waals surface area contributed by atoms with Crippen molar-refractivity contribution in [2.75, 3.05) is 0 Å². The van der Waals surface area contributed by atoms with Crippen molar-refractivity contribution in [1.29, 1.82) is 0 Å². The number of rotatable bonds is 1. The van der Waals surface area contributed by atoms with E-state index in [0.29, 0.717) is 17.2 Å². The van der Waals surface area contributed by atoms with Crippen molar-refractivity contribution < 1.29 is 9.13 Å². The molecule has 2 aromatic rings. The Morgan fingerprint density at radius 1 is 1.20 bits per heavy atom. The molecular formula is C15H12BrClFNO. The molecule has 0 radical (unpaired) electrons. The first-order valence-corrected chi connectivity index (χ1v) is 7.38. The molecule has 1 aliphatic heterocycles. The zero-order valence-corrected chi connectivity index (χ0v) is 12.8. The smallest absolute Gasteiger partial charge is 0.127 e. The molecule has 0 fully saturated rings. The molecule has 104 valence electrons. The predicted molar refractivity (Wildman–Crippen MR) is 80.5 cm³/mol. The van der Waals surface area contributed by atoms with Crippen LogP contribution in [-0.4, -0.2) is 0 Å². The second-order valence-electron chi connectivity index (χ2n) is 4.80. The largest absolute Gasteiger partial charge is 0.485 e. The third-order valence-corrected chi connectivity index (χ3v) is 4.37. The van der Waals surface area contributed by atoms with Crippen LogP contribution in [0.1, 0.15) is 29.7 Å². The Labute approximate surface area is 129 Å². The summed E-state index contributed by atoms with van der Waals surface area (Å²) in [5.74, 6) is 0.169. The highest BCUT2D eigenvalue weighted by atomic mass is 79.9. The first-order valence-electron chi connectivity index (χ1n) is 6.21. The number of ether oxygens (including phenoxy) is 1. The molecule has 2 nitrogen and oxygen atoms in total. The lowest BCUT2D eigenvalue weighted by Crippen LogP contribution is -2.24. The Morgan fingerprint density at radius 3 is 2.80 bits per heavy atom. The molecule has 0 saturated heterocycles. The van der Waals surface area contributed by atoms with Crippen LogP contribution in [0.3, 0.4) is 0 Å². The Hall–Kier alpha value is -1.10. The average Bonchev–Trinajstić information content (AvgIpc) is 2.41. The van der Waals surface area contributed by atoms with Crippen molar-refractivity contribution in [3.05, 3.63) is 62.8 Å². The Morgan fingerprint density at radius 2 is 2.00 bits per heavy atom. The van der Waals surface area contributed by atoms with Gasteiger partial charge in [-0.2, -0.15) is 0 Å². The van der Waals surface area contributed by atoms with E-state index >= 15 is 0 Å². The van der Waals surface area contributed by atoms with Crippen LogP contribution >= 0.6 is 27.5 Å². The Balaban J connectivity index is 2.00. The van der Waals surface area contributed by atoms with Crippen LogP contribution in [0.15, 0.2) is 40.9 Å². The lowest BCUT2D eigenvalue weighted by Gasteiger charge is -2.31. The SMILES string of the molecule is N[C@H]1CC(c2cc(Cl)ccc2Br)Oc2cc(F)ccc21. The maximum atomic E-state index is 13.3. The standard InChI is InChI=1S/C15H12BrClFNO/c16-12-4-1-8(17)5-11(12)15-7-13(19)10-3-2-9(18)6-14(10)20-15/h1-6,13,15H,7,19H2/t13-,15?/m0/s1. The van der Waals surface area contributed by atoms with Crippen LogP contribution in [0.25, 0.3) is 0 Å². The van der Waals surface area contributed by atoms with Gasteiger partial charge < -0.3 is 10.5 Å². The number of hydrogen-bond acceptors (Lipinski definition) is 2. The first-order chi connectivity index (χ1) is 9.54. The molecule has 1 aliphatic rings. The number of halogens is 3. The molecule has 0 saturated carbocycles. The van der Waals surface area contributed by atoms with Gasteiger partial charge in [-0.3, -0.25) is 0 Å². The van der Waals surface area contributed by atoms with E-state index in [4.69, 9.17) is 22.1 Å². The van der Waals surface area contributed by atoms with Crippen molar-refractivity contribution in [3.8, 4) is 5.75 Å². The molecule has 1 unspecified atom stereocenters. The van der Waals surface area contributed by atoms with E-state index in [1.807, 2.05) is 12.1 Å². The highest BCUT2D eigenvalue weighted by Gasteiger charge is 2.28. The van der Waals surface area contributed by atoms with Crippen LogP contribution in [0.5, 0.6) is 5.75 Å². The molecule has 1 heterocycles. The maximum Gasteiger partial charge on any atom is 0.127 e. The van der Waals surface area contributed by atoms with E-state index in [-0.39, 0.29) is 18.0 Å². The average molecular weight is 357 g/mol. The quantitative estimate of drug-likeness (QED) is 0.799. The Kier molecular flexibility index (Phi) is 3.71. The normalized spacial score (nSPS) is 21.2. The molecule has 20 heavy (non-hydrogen) atoms. The summed E-state index contributed by atoms with van der Waals surface area (Å²) in [7, 11) is 0. The van der Waals surface area contributed by atoms with Gasteiger partial charge in [0.05, 0.1) is 0 Å². The van der Waals surface area contributed by atoms with Gasteiger partial charge in [-0.15, -0.1) is 0 Å². The van der Waals surface area contributed by atoms with Crippen molar-refractivity contribution in [1.82, 2.24) is 0 Å². The zero-order valence-electron chi connectivity index (χ0n) is 10.4. The summed E-state index contributed by atoms with van der Waals surface area (Å²) >= 11 is 9.52. The van der Waals surface area contributed by atoms with Crippen LogP contribution < -0.4 is 10.5 Å². The summed E-state index contributed by atoms with van der Waals surface area (Å²) in [6.07, 6.45) is 0.379. The lowest BCUT2D eigenvalue weighted by atomic mass is 9.93. The second-order valence-corrected chi connectivity index (χ2v) is 6.09. The molecular weight excluding hydrogens is 345 g/mol. The van der Waals surface area contributed by atoms with Gasteiger partial charge in [-0.05, 0) is 24.3 Å². The third kappa shape index (κ3) is 2.55. The monoisotopic (exact) mass is 355 g/mol. The molecule has 0 spiro atoms. The van der Waals surface area contributed by atoms with Gasteiger partial charge in [0, 0.05) is 39.2 Å². The van der Waals surface area contributed by atoms with E-state index < -0.39 is 0 Å². The van der Waals surface area contributed by atoms with E-state index in [9.17, 15) is 4.39 Å². The van der Waals surface area contributed by atoms with Gasteiger partial charge in [-0.25, -0.2) is 4.39 Å². The minimum Gasteiger partial charge on any atom is -0.485 e. The number of benzene rings is 2. The highest BCUT2D eigenvalue weighted by Crippen LogP contribution is 2.42. The van der Waals surface area contributed by atoms with Gasteiger partial charge in [-0.1, -0.05) is 33.6 Å². The fourth-order valence-electron chi connectivity index (χ4n) is 2.43. The molecule has 2 atom stereocenters. The summed E-state index contributed by atoms with van der Waals surface area (Å²) in [6.45, 7) is 0. The number of hydrogen-bond donors (Lipinski definition) is 1. The van der Waals surface area contributed by atoms with Crippen LogP contribution in [0.4, 0.5) is 4.39 Å². The summed E-state index contributed by atoms with van der Waals surface area (Å²) in [4.78, 5) is 0. The van der Waals surface area contributed by atoms with E-state index in [2.05, 4.69) is 15.9 Å². The van der Waals surface area contributed by atoms with Crippen molar-refractivity contribution in [2.45, 2.75) is 18.6 Å². The number of nitrogens with two attached hydrogens (primary N) is 1. The van der Waals surface area contributed by atoms with E-state index in [1.54, 1.807) is 12.1 Å². The first kappa shape index (κ1) is 13.9. The van der Waals surface area contributed by atoms with Crippen molar-refractivity contribution >= 4 is 27.5 Å². The minimum atomic E-state index is -0.332. The number of fused-ring (bicyclic) bond motifs is 1. The summed E-state index contributed by atoms with van der Waals surface area (Å²) in [5.41, 5.74) is 7.91. The maximum absolute atomic E-state index is 13.3. The van der Waals surface area contributed by atoms with Crippen LogP contribution in [0.2, 0.25) is 5.02 Å². The molecule has 3 rings (SSSR count). The molecule has 0 bridgehead atoms. The Bertz CT molecular complexity index is 664. The summed E-state index contributed by atoms with van der Waals surface area (Å²) in [5, 5.41) is 0.630. The minimum absolute atomic E-state index is 0.185. The second kappa shape index (κ2) is 5.35. The van der Waals surface area contributed by atoms with Crippen molar-refractivity contribution in [2.24, 2.45) is 5.73 Å². The molecule has 2 N–H and O–H groups in total. The summed E-state index contributed by atoms with van der Waals surface area (Å²) in [6, 6.07) is 9.78. The van der Waals surface area contributed by atoms with Gasteiger partial charge in [0.1, 0.15) is 17.7 Å². The van der Waals surface area contributed by atoms with E-state index in [1.165, 1.54) is 12.1 Å². The predicted octanol–water partition coefficient (Wildman–Crippen LogP) is 4.77. The summed E-state index contributed by atoms with van der Waals surface area (Å²) < 4.78 is 20.1. The van der Waals surface area contributed by atoms with Crippen LogP contribution in [-0.2, 0) is 0 Å². The molecule has 0 amide bonds. The zero-order chi connectivity index (χ0) is 14.3. The van der Waals surface area contributed by atoms with Crippen LogP contribution in [0, 0.1) is 5.82 Å². The molecule has 0 aliphatic carbocycles. The fourth-order valence-corrected chi connectivity index (χ4v) is 3.11. The fraction of sp³-hybridized carbons (Fsp3) is 0.200. The highest BCUT2D eigenvalue weighted by molar-refractivity contribution is 9.10. The lowest BCUT2D eigenvalue weighted by molar-refractivity contribution is 0.160. The third-order valence-electron chi connectivity index (χ3n) is 3.42. The topological polar surface area (TPSA) is 35.2 Å². The van der Waals surface area contributed by atoms with Gasteiger partial charge in [0.25, 0.3) is 0 Å². The molecule has 0 aromatic heterocycles. The molecule has 5 heteroatoms.